The topological polar surface area (TPSA) is 68.3 Å². The third kappa shape index (κ3) is 5.12. The van der Waals surface area contributed by atoms with Gasteiger partial charge in [0.2, 0.25) is 0 Å². The molecule has 0 radical (unpaired) electrons. The van der Waals surface area contributed by atoms with Crippen molar-refractivity contribution in [2.75, 3.05) is 4.72 Å². The van der Waals surface area contributed by atoms with Crippen LogP contribution in [0, 0.1) is 12.7 Å². The van der Waals surface area contributed by atoms with Crippen molar-refractivity contribution in [3.63, 3.8) is 0 Å². The summed E-state index contributed by atoms with van der Waals surface area (Å²) in [5.41, 5.74) is 2.36. The molecule has 0 spiro atoms. The molecule has 3 aromatic carbocycles. The summed E-state index contributed by atoms with van der Waals surface area (Å²) in [6.45, 7) is 1.88. The number of anilines is 1. The fourth-order valence-corrected chi connectivity index (χ4v) is 4.16. The molecule has 0 saturated heterocycles. The van der Waals surface area contributed by atoms with Crippen LogP contribution in [-0.2, 0) is 16.4 Å². The Balaban J connectivity index is 1.51. The Bertz CT molecular complexity index is 1310. The number of hydrogen-bond donors (Lipinski definition) is 1. The fraction of sp³-hybridized carbons (Fsp3) is 0.0800. The number of aromatic nitrogens is 1. The average Bonchev–Trinajstić information content (AvgIpc) is 2.78. The Morgan fingerprint density at radius 3 is 2.34 bits per heavy atom. The monoisotopic (exact) mass is 448 g/mol. The summed E-state index contributed by atoms with van der Waals surface area (Å²) in [5, 5.41) is 0. The summed E-state index contributed by atoms with van der Waals surface area (Å²) < 4.78 is 47.9. The summed E-state index contributed by atoms with van der Waals surface area (Å²) in [6, 6.07) is 23.8. The average molecular weight is 449 g/mol. The summed E-state index contributed by atoms with van der Waals surface area (Å²) in [5.74, 6) is 0.537. The predicted octanol–water partition coefficient (Wildman–Crippen LogP) is 5.71. The zero-order valence-electron chi connectivity index (χ0n) is 17.3. The molecule has 0 atom stereocenters. The lowest BCUT2D eigenvalue weighted by molar-refractivity contribution is 0.467. The summed E-state index contributed by atoms with van der Waals surface area (Å²) >= 11 is 0. The van der Waals surface area contributed by atoms with Crippen LogP contribution in [0.2, 0.25) is 0 Å². The van der Waals surface area contributed by atoms with Crippen LogP contribution in [0.15, 0.2) is 96.0 Å². The Morgan fingerprint density at radius 1 is 0.906 bits per heavy atom. The van der Waals surface area contributed by atoms with Crippen LogP contribution in [0.25, 0.3) is 0 Å². The van der Waals surface area contributed by atoms with E-state index in [0.717, 1.165) is 11.1 Å². The number of aryl methyl sites for hydroxylation is 1. The van der Waals surface area contributed by atoms with Gasteiger partial charge in [0.1, 0.15) is 23.1 Å². The number of nitrogens with zero attached hydrogens (tertiary/aromatic N) is 1. The second-order valence-corrected chi connectivity index (χ2v) is 8.96. The molecule has 1 heterocycles. The third-order valence-corrected chi connectivity index (χ3v) is 6.20. The lowest BCUT2D eigenvalue weighted by Crippen LogP contribution is -2.13. The zero-order valence-corrected chi connectivity index (χ0v) is 18.1. The first-order valence-corrected chi connectivity index (χ1v) is 11.4. The van der Waals surface area contributed by atoms with Crippen molar-refractivity contribution in [1.29, 1.82) is 0 Å². The van der Waals surface area contributed by atoms with E-state index in [1.165, 1.54) is 30.5 Å². The van der Waals surface area contributed by atoms with Crippen LogP contribution in [0.1, 0.15) is 16.7 Å². The highest BCUT2D eigenvalue weighted by Crippen LogP contribution is 2.29. The van der Waals surface area contributed by atoms with Gasteiger partial charge in [0.15, 0.2) is 0 Å². The molecule has 1 N–H and O–H groups in total. The molecule has 7 heteroatoms. The van der Waals surface area contributed by atoms with E-state index in [9.17, 15) is 12.8 Å². The van der Waals surface area contributed by atoms with Gasteiger partial charge < -0.3 is 4.74 Å². The molecular formula is C25H21FN2O3S. The van der Waals surface area contributed by atoms with Crippen molar-refractivity contribution >= 4 is 15.8 Å². The maximum absolute atomic E-state index is 14.5. The number of sulfonamides is 1. The fourth-order valence-electron chi connectivity index (χ4n) is 3.15. The molecule has 0 unspecified atom stereocenters. The van der Waals surface area contributed by atoms with Crippen LogP contribution < -0.4 is 9.46 Å². The molecule has 0 aliphatic heterocycles. The lowest BCUT2D eigenvalue weighted by Gasteiger charge is -2.13. The Hall–Kier alpha value is -3.71. The third-order valence-electron chi connectivity index (χ3n) is 4.83. The van der Waals surface area contributed by atoms with Crippen LogP contribution in [-0.4, -0.2) is 13.4 Å². The molecule has 5 nitrogen and oxygen atoms in total. The van der Waals surface area contributed by atoms with Gasteiger partial charge in [-0.1, -0.05) is 54.1 Å². The highest BCUT2D eigenvalue weighted by Gasteiger charge is 2.15. The quantitative estimate of drug-likeness (QED) is 0.393. The number of nitrogens with one attached hydrogen (secondary N) is 1. The first-order chi connectivity index (χ1) is 15.4. The molecular weight excluding hydrogens is 427 g/mol. The highest BCUT2D eigenvalue weighted by atomic mass is 32.2. The van der Waals surface area contributed by atoms with E-state index in [4.69, 9.17) is 4.74 Å². The Labute approximate surface area is 186 Å². The molecule has 0 fully saturated rings. The standard InChI is InChI=1S/C25H21FN2O3S/c1-18-10-13-21(14-11-18)32(29,30)28-25-15-12-20(17-27-25)31-24-9-5-8-23(26)22(24)16-19-6-3-2-4-7-19/h2-15,17H,16H2,1H3,(H,27,28). The molecule has 0 bridgehead atoms. The minimum atomic E-state index is -3.75. The van der Waals surface area contributed by atoms with Gasteiger partial charge in [-0.05, 0) is 48.9 Å². The van der Waals surface area contributed by atoms with Gasteiger partial charge in [0.05, 0.1) is 11.1 Å². The van der Waals surface area contributed by atoms with E-state index >= 15 is 0 Å². The van der Waals surface area contributed by atoms with Crippen molar-refractivity contribution < 1.29 is 17.5 Å². The van der Waals surface area contributed by atoms with Gasteiger partial charge in [0, 0.05) is 12.0 Å². The van der Waals surface area contributed by atoms with E-state index < -0.39 is 10.0 Å². The van der Waals surface area contributed by atoms with Crippen molar-refractivity contribution in [2.45, 2.75) is 18.2 Å². The van der Waals surface area contributed by atoms with E-state index in [2.05, 4.69) is 9.71 Å². The molecule has 162 valence electrons. The van der Waals surface area contributed by atoms with Gasteiger partial charge in [-0.3, -0.25) is 4.72 Å². The molecule has 0 aliphatic carbocycles. The minimum absolute atomic E-state index is 0.149. The van der Waals surface area contributed by atoms with E-state index in [0.29, 0.717) is 23.5 Å². The second kappa shape index (κ2) is 9.20. The zero-order chi connectivity index (χ0) is 22.6. The van der Waals surface area contributed by atoms with Gasteiger partial charge in [-0.2, -0.15) is 0 Å². The number of rotatable bonds is 7. The van der Waals surface area contributed by atoms with Gasteiger partial charge >= 0.3 is 0 Å². The highest BCUT2D eigenvalue weighted by molar-refractivity contribution is 7.92. The number of pyridine rings is 1. The maximum atomic E-state index is 14.5. The van der Waals surface area contributed by atoms with Crippen molar-refractivity contribution in [2.24, 2.45) is 0 Å². The SMILES string of the molecule is Cc1ccc(S(=O)(=O)Nc2ccc(Oc3cccc(F)c3Cc3ccccc3)cn2)cc1. The molecule has 4 aromatic rings. The van der Waals surface area contributed by atoms with E-state index in [1.54, 1.807) is 30.3 Å². The Kier molecular flexibility index (Phi) is 6.18. The minimum Gasteiger partial charge on any atom is -0.455 e. The lowest BCUT2D eigenvalue weighted by atomic mass is 10.0. The number of ether oxygens (including phenoxy) is 1. The first-order valence-electron chi connectivity index (χ1n) is 9.95. The van der Waals surface area contributed by atoms with Crippen LogP contribution >= 0.6 is 0 Å². The maximum Gasteiger partial charge on any atom is 0.263 e. The summed E-state index contributed by atoms with van der Waals surface area (Å²) in [6.07, 6.45) is 1.77. The van der Waals surface area contributed by atoms with Crippen LogP contribution in [0.5, 0.6) is 11.5 Å². The van der Waals surface area contributed by atoms with E-state index in [-0.39, 0.29) is 16.5 Å². The van der Waals surface area contributed by atoms with Crippen molar-refractivity contribution in [1.82, 2.24) is 4.98 Å². The Morgan fingerprint density at radius 2 is 1.66 bits per heavy atom. The summed E-state index contributed by atoms with van der Waals surface area (Å²) in [7, 11) is -3.75. The molecule has 4 rings (SSSR count). The number of benzene rings is 3. The normalized spacial score (nSPS) is 11.2. The molecule has 32 heavy (non-hydrogen) atoms. The van der Waals surface area contributed by atoms with Crippen molar-refractivity contribution in [3.8, 4) is 11.5 Å². The molecule has 0 amide bonds. The van der Waals surface area contributed by atoms with Gasteiger partial charge in [-0.25, -0.2) is 17.8 Å². The van der Waals surface area contributed by atoms with Crippen molar-refractivity contribution in [3.05, 3.63) is 114 Å². The molecule has 0 saturated carbocycles. The van der Waals surface area contributed by atoms with E-state index in [1.807, 2.05) is 37.3 Å². The van der Waals surface area contributed by atoms with Crippen LogP contribution in [0.4, 0.5) is 10.2 Å². The van der Waals surface area contributed by atoms with Gasteiger partial charge in [-0.15, -0.1) is 0 Å². The molecule has 1 aromatic heterocycles. The summed E-state index contributed by atoms with van der Waals surface area (Å²) in [4.78, 5) is 4.28. The van der Waals surface area contributed by atoms with Crippen LogP contribution in [0.3, 0.4) is 0 Å². The predicted molar refractivity (Wildman–Crippen MR) is 122 cm³/mol. The number of halogens is 1. The smallest absolute Gasteiger partial charge is 0.263 e. The second-order valence-electron chi connectivity index (χ2n) is 7.28. The number of hydrogen-bond acceptors (Lipinski definition) is 4. The molecule has 0 aliphatic rings. The largest absolute Gasteiger partial charge is 0.455 e. The first kappa shape index (κ1) is 21.5. The van der Waals surface area contributed by atoms with Gasteiger partial charge in [0.25, 0.3) is 10.0 Å².